The predicted molar refractivity (Wildman–Crippen MR) is 72.5 cm³/mol. The SMILES string of the molecule is COc1cccc(-c2cc(C(=N)N)c(=O)n(C)n2)c1. The maximum atomic E-state index is 11.8. The standard InChI is InChI=1S/C13H14N4O2/c1-17-13(18)10(12(14)15)7-11(16-17)8-4-3-5-9(6-8)19-2/h3-7H,1-2H3,(H3,14,15). The van der Waals surface area contributed by atoms with Crippen molar-refractivity contribution in [3.05, 3.63) is 46.2 Å². The van der Waals surface area contributed by atoms with Crippen LogP contribution in [0.1, 0.15) is 5.56 Å². The van der Waals surface area contributed by atoms with E-state index in [-0.39, 0.29) is 17.0 Å². The molecular weight excluding hydrogens is 244 g/mol. The second-order valence-electron chi connectivity index (χ2n) is 4.02. The fraction of sp³-hybridized carbons (Fsp3) is 0.154. The van der Waals surface area contributed by atoms with E-state index in [4.69, 9.17) is 15.9 Å². The molecule has 0 unspecified atom stereocenters. The molecule has 1 aromatic carbocycles. The molecule has 6 heteroatoms. The van der Waals surface area contributed by atoms with E-state index in [1.54, 1.807) is 13.2 Å². The number of nitrogen functional groups attached to an aromatic ring is 1. The van der Waals surface area contributed by atoms with Crippen LogP contribution >= 0.6 is 0 Å². The first-order valence-electron chi connectivity index (χ1n) is 5.60. The van der Waals surface area contributed by atoms with Crippen LogP contribution < -0.4 is 16.0 Å². The number of aromatic nitrogens is 2. The summed E-state index contributed by atoms with van der Waals surface area (Å²) in [7, 11) is 3.10. The lowest BCUT2D eigenvalue weighted by atomic mass is 10.1. The molecule has 0 saturated heterocycles. The third-order valence-electron chi connectivity index (χ3n) is 2.72. The Morgan fingerprint density at radius 3 is 2.79 bits per heavy atom. The summed E-state index contributed by atoms with van der Waals surface area (Å²) < 4.78 is 6.32. The molecule has 0 aliphatic carbocycles. The number of nitrogens with two attached hydrogens (primary N) is 1. The second kappa shape index (κ2) is 4.93. The summed E-state index contributed by atoms with van der Waals surface area (Å²) in [5.41, 5.74) is 6.50. The highest BCUT2D eigenvalue weighted by Crippen LogP contribution is 2.21. The zero-order valence-electron chi connectivity index (χ0n) is 10.7. The maximum absolute atomic E-state index is 11.8. The first kappa shape index (κ1) is 12.8. The van der Waals surface area contributed by atoms with Gasteiger partial charge in [-0.25, -0.2) is 4.68 Å². The zero-order valence-corrected chi connectivity index (χ0v) is 10.7. The van der Waals surface area contributed by atoms with Crippen molar-refractivity contribution >= 4 is 5.84 Å². The number of methoxy groups -OCH3 is 1. The van der Waals surface area contributed by atoms with E-state index in [9.17, 15) is 4.79 Å². The third kappa shape index (κ3) is 2.47. The molecule has 0 bridgehead atoms. The Morgan fingerprint density at radius 2 is 2.16 bits per heavy atom. The first-order chi connectivity index (χ1) is 9.02. The number of hydrogen-bond acceptors (Lipinski definition) is 4. The van der Waals surface area contributed by atoms with Gasteiger partial charge in [0.1, 0.15) is 11.6 Å². The van der Waals surface area contributed by atoms with Crippen molar-refractivity contribution in [2.75, 3.05) is 7.11 Å². The summed E-state index contributed by atoms with van der Waals surface area (Å²) in [4.78, 5) is 11.8. The van der Waals surface area contributed by atoms with Crippen LogP contribution in [0.25, 0.3) is 11.3 Å². The molecule has 1 aromatic heterocycles. The summed E-state index contributed by atoms with van der Waals surface area (Å²) >= 11 is 0. The molecule has 2 rings (SSSR count). The van der Waals surface area contributed by atoms with E-state index < -0.39 is 0 Å². The number of nitrogens with zero attached hydrogens (tertiary/aromatic N) is 2. The van der Waals surface area contributed by atoms with Gasteiger partial charge in [-0.2, -0.15) is 5.10 Å². The van der Waals surface area contributed by atoms with Crippen molar-refractivity contribution in [1.29, 1.82) is 5.41 Å². The quantitative estimate of drug-likeness (QED) is 0.627. The van der Waals surface area contributed by atoms with Gasteiger partial charge in [0.15, 0.2) is 0 Å². The largest absolute Gasteiger partial charge is 0.497 e. The molecule has 0 spiro atoms. The fourth-order valence-corrected chi connectivity index (χ4v) is 1.73. The summed E-state index contributed by atoms with van der Waals surface area (Å²) in [6, 6.07) is 8.81. The molecule has 0 saturated carbocycles. The van der Waals surface area contributed by atoms with E-state index in [0.29, 0.717) is 11.4 Å². The molecule has 2 aromatic rings. The van der Waals surface area contributed by atoms with Crippen molar-refractivity contribution in [2.45, 2.75) is 0 Å². The van der Waals surface area contributed by atoms with E-state index in [1.165, 1.54) is 17.8 Å². The molecule has 0 amide bonds. The Bertz CT molecular complexity index is 691. The highest BCUT2D eigenvalue weighted by Gasteiger charge is 2.10. The van der Waals surface area contributed by atoms with Crippen molar-refractivity contribution in [1.82, 2.24) is 9.78 Å². The van der Waals surface area contributed by atoms with Gasteiger partial charge in [-0.3, -0.25) is 10.2 Å². The lowest BCUT2D eigenvalue weighted by molar-refractivity contribution is 0.415. The molecule has 0 radical (unpaired) electrons. The maximum Gasteiger partial charge on any atom is 0.277 e. The van der Waals surface area contributed by atoms with Crippen LogP contribution in [0, 0.1) is 5.41 Å². The van der Waals surface area contributed by atoms with Gasteiger partial charge < -0.3 is 10.5 Å². The van der Waals surface area contributed by atoms with E-state index >= 15 is 0 Å². The Balaban J connectivity index is 2.62. The minimum Gasteiger partial charge on any atom is -0.497 e. The van der Waals surface area contributed by atoms with Crippen molar-refractivity contribution < 1.29 is 4.74 Å². The molecule has 1 heterocycles. The van der Waals surface area contributed by atoms with E-state index in [0.717, 1.165) is 5.56 Å². The lowest BCUT2D eigenvalue weighted by Crippen LogP contribution is -2.29. The highest BCUT2D eigenvalue weighted by atomic mass is 16.5. The summed E-state index contributed by atoms with van der Waals surface area (Å²) in [5, 5.41) is 11.6. The normalized spacial score (nSPS) is 10.2. The van der Waals surface area contributed by atoms with Gasteiger partial charge in [0.2, 0.25) is 0 Å². The van der Waals surface area contributed by atoms with Crippen LogP contribution in [0.2, 0.25) is 0 Å². The second-order valence-corrected chi connectivity index (χ2v) is 4.02. The lowest BCUT2D eigenvalue weighted by Gasteiger charge is -2.07. The number of aryl methyl sites for hydroxylation is 1. The van der Waals surface area contributed by atoms with E-state index in [1.807, 2.05) is 18.2 Å². The van der Waals surface area contributed by atoms with Crippen LogP contribution in [0.15, 0.2) is 35.1 Å². The summed E-state index contributed by atoms with van der Waals surface area (Å²) in [6.07, 6.45) is 0. The van der Waals surface area contributed by atoms with Gasteiger partial charge in [0.25, 0.3) is 5.56 Å². The van der Waals surface area contributed by atoms with E-state index in [2.05, 4.69) is 5.10 Å². The van der Waals surface area contributed by atoms with Crippen molar-refractivity contribution in [2.24, 2.45) is 12.8 Å². The Hall–Kier alpha value is -2.63. The average Bonchev–Trinajstić information content (AvgIpc) is 2.41. The molecule has 6 nitrogen and oxygen atoms in total. The van der Waals surface area contributed by atoms with Gasteiger partial charge in [-0.15, -0.1) is 0 Å². The molecule has 0 fully saturated rings. The van der Waals surface area contributed by atoms with Crippen LogP contribution in [0.3, 0.4) is 0 Å². The van der Waals surface area contributed by atoms with Gasteiger partial charge in [-0.1, -0.05) is 12.1 Å². The number of benzene rings is 1. The van der Waals surface area contributed by atoms with Crippen LogP contribution in [0.5, 0.6) is 5.75 Å². The minimum atomic E-state index is -0.390. The number of hydrogen-bond donors (Lipinski definition) is 2. The molecule has 0 aliphatic heterocycles. The topological polar surface area (TPSA) is 94.0 Å². The molecular formula is C13H14N4O2. The Labute approximate surface area is 110 Å². The van der Waals surface area contributed by atoms with Crippen LogP contribution in [-0.4, -0.2) is 22.7 Å². The van der Waals surface area contributed by atoms with Gasteiger partial charge in [0, 0.05) is 12.6 Å². The molecule has 3 N–H and O–H groups in total. The van der Waals surface area contributed by atoms with Crippen molar-refractivity contribution in [3.8, 4) is 17.0 Å². The number of ether oxygens (including phenoxy) is 1. The first-order valence-corrected chi connectivity index (χ1v) is 5.60. The summed E-state index contributed by atoms with van der Waals surface area (Å²) in [6.45, 7) is 0. The van der Waals surface area contributed by atoms with Gasteiger partial charge in [0.05, 0.1) is 18.4 Å². The smallest absolute Gasteiger partial charge is 0.277 e. The number of amidine groups is 1. The molecule has 19 heavy (non-hydrogen) atoms. The molecule has 0 aliphatic rings. The van der Waals surface area contributed by atoms with Crippen molar-refractivity contribution in [3.63, 3.8) is 0 Å². The number of rotatable bonds is 3. The highest BCUT2D eigenvalue weighted by molar-refractivity contribution is 5.95. The van der Waals surface area contributed by atoms with Crippen LogP contribution in [0.4, 0.5) is 0 Å². The van der Waals surface area contributed by atoms with Gasteiger partial charge >= 0.3 is 0 Å². The monoisotopic (exact) mass is 258 g/mol. The molecule has 0 atom stereocenters. The summed E-state index contributed by atoms with van der Waals surface area (Å²) in [5.74, 6) is 0.421. The Kier molecular flexibility index (Phi) is 3.33. The predicted octanol–water partition coefficient (Wildman–Crippen LogP) is 0.740. The Morgan fingerprint density at radius 1 is 1.42 bits per heavy atom. The van der Waals surface area contributed by atoms with Crippen LogP contribution in [-0.2, 0) is 7.05 Å². The number of nitrogens with one attached hydrogen (secondary N) is 1. The fourth-order valence-electron chi connectivity index (χ4n) is 1.73. The third-order valence-corrected chi connectivity index (χ3v) is 2.72. The minimum absolute atomic E-state index is 0.135. The average molecular weight is 258 g/mol. The molecule has 98 valence electrons. The van der Waals surface area contributed by atoms with Gasteiger partial charge in [-0.05, 0) is 18.2 Å². The zero-order chi connectivity index (χ0) is 14.0.